The first-order valence-corrected chi connectivity index (χ1v) is 5.80. The van der Waals surface area contributed by atoms with E-state index >= 15 is 0 Å². The zero-order chi connectivity index (χ0) is 11.1. The summed E-state index contributed by atoms with van der Waals surface area (Å²) in [5.74, 6) is 5.98. The topological polar surface area (TPSA) is 63.8 Å². The third-order valence-corrected chi connectivity index (χ3v) is 3.66. The van der Waals surface area contributed by atoms with Gasteiger partial charge in [-0.3, -0.25) is 0 Å². The Morgan fingerprint density at radius 1 is 1.25 bits per heavy atom. The Hall–Kier alpha value is -1.43. The van der Waals surface area contributed by atoms with Gasteiger partial charge in [0.05, 0.1) is 10.2 Å². The molecule has 16 heavy (non-hydrogen) atoms. The summed E-state index contributed by atoms with van der Waals surface area (Å²) in [6, 6.07) is 8.01. The number of nitrogens with one attached hydrogen (secondary N) is 1. The van der Waals surface area contributed by atoms with Crippen molar-refractivity contribution < 1.29 is 0 Å². The summed E-state index contributed by atoms with van der Waals surface area (Å²) >= 11 is 7.44. The normalized spacial score (nSPS) is 11.1. The molecule has 6 heteroatoms. The van der Waals surface area contributed by atoms with E-state index in [0.717, 1.165) is 20.3 Å². The van der Waals surface area contributed by atoms with Crippen LogP contribution in [-0.4, -0.2) is 9.97 Å². The molecule has 0 saturated heterocycles. The monoisotopic (exact) mass is 250 g/mol. The summed E-state index contributed by atoms with van der Waals surface area (Å²) in [5.41, 5.74) is 3.39. The quantitative estimate of drug-likeness (QED) is 0.396. The molecule has 80 valence electrons. The number of nitrogen functional groups attached to an aromatic ring is 1. The molecule has 0 saturated carbocycles. The van der Waals surface area contributed by atoms with Crippen LogP contribution in [0.4, 0.5) is 5.82 Å². The van der Waals surface area contributed by atoms with Crippen LogP contribution in [-0.2, 0) is 0 Å². The van der Waals surface area contributed by atoms with Crippen LogP contribution in [0.15, 0.2) is 24.3 Å². The number of hydrogen-bond donors (Lipinski definition) is 2. The van der Waals surface area contributed by atoms with Gasteiger partial charge >= 0.3 is 0 Å². The Kier molecular flexibility index (Phi) is 2.17. The Morgan fingerprint density at radius 3 is 2.88 bits per heavy atom. The van der Waals surface area contributed by atoms with Crippen LogP contribution in [0.3, 0.4) is 0 Å². The highest BCUT2D eigenvalue weighted by atomic mass is 35.5. The molecule has 4 nitrogen and oxygen atoms in total. The van der Waals surface area contributed by atoms with Crippen LogP contribution in [0.2, 0.25) is 5.28 Å². The van der Waals surface area contributed by atoms with E-state index in [9.17, 15) is 0 Å². The van der Waals surface area contributed by atoms with Gasteiger partial charge in [0.15, 0.2) is 5.82 Å². The Labute approximate surface area is 100 Å². The molecule has 2 aromatic heterocycles. The number of hydrazine groups is 1. The maximum absolute atomic E-state index is 5.85. The predicted octanol–water partition coefficient (Wildman–Crippen LogP) is 2.78. The van der Waals surface area contributed by atoms with Crippen molar-refractivity contribution in [3.05, 3.63) is 29.5 Å². The standard InChI is InChI=1S/C10H7ClN4S/c11-10-13-7-5-3-1-2-4-6(5)16-8(7)9(14-10)15-12/h1-4H,12H2,(H,13,14,15). The lowest BCUT2D eigenvalue weighted by Crippen LogP contribution is -2.08. The van der Waals surface area contributed by atoms with Crippen LogP contribution in [0.1, 0.15) is 0 Å². The van der Waals surface area contributed by atoms with E-state index in [1.807, 2.05) is 24.3 Å². The molecule has 0 aliphatic heterocycles. The molecule has 3 N–H and O–H groups in total. The van der Waals surface area contributed by atoms with Crippen LogP contribution in [0.25, 0.3) is 20.3 Å². The van der Waals surface area contributed by atoms with E-state index in [-0.39, 0.29) is 5.28 Å². The number of aromatic nitrogens is 2. The highest BCUT2D eigenvalue weighted by Crippen LogP contribution is 2.36. The lowest BCUT2D eigenvalue weighted by Gasteiger charge is -1.99. The number of fused-ring (bicyclic) bond motifs is 3. The molecule has 0 atom stereocenters. The number of hydrogen-bond acceptors (Lipinski definition) is 5. The van der Waals surface area contributed by atoms with E-state index in [1.54, 1.807) is 11.3 Å². The second kappa shape index (κ2) is 3.55. The van der Waals surface area contributed by atoms with Crippen molar-refractivity contribution in [3.8, 4) is 0 Å². The summed E-state index contributed by atoms with van der Waals surface area (Å²) in [4.78, 5) is 8.29. The van der Waals surface area contributed by atoms with Gasteiger partial charge in [0.1, 0.15) is 0 Å². The molecular weight excluding hydrogens is 244 g/mol. The number of thiophene rings is 1. The van der Waals surface area contributed by atoms with E-state index < -0.39 is 0 Å². The molecular formula is C10H7ClN4S. The van der Waals surface area contributed by atoms with Crippen molar-refractivity contribution in [1.82, 2.24) is 9.97 Å². The van der Waals surface area contributed by atoms with Crippen LogP contribution >= 0.6 is 22.9 Å². The molecule has 0 spiro atoms. The second-order valence-corrected chi connectivity index (χ2v) is 4.65. The second-order valence-electron chi connectivity index (χ2n) is 3.26. The van der Waals surface area contributed by atoms with Crippen molar-refractivity contribution in [2.24, 2.45) is 5.84 Å². The Morgan fingerprint density at radius 2 is 2.06 bits per heavy atom. The van der Waals surface area contributed by atoms with E-state index in [2.05, 4.69) is 15.4 Å². The van der Waals surface area contributed by atoms with Crippen molar-refractivity contribution in [2.75, 3.05) is 5.43 Å². The van der Waals surface area contributed by atoms with Crippen molar-refractivity contribution in [1.29, 1.82) is 0 Å². The highest BCUT2D eigenvalue weighted by molar-refractivity contribution is 7.26. The van der Waals surface area contributed by atoms with Crippen LogP contribution in [0.5, 0.6) is 0 Å². The predicted molar refractivity (Wildman–Crippen MR) is 67.7 cm³/mol. The molecule has 2 heterocycles. The fourth-order valence-corrected chi connectivity index (χ4v) is 2.93. The fraction of sp³-hybridized carbons (Fsp3) is 0. The van der Waals surface area contributed by atoms with Gasteiger partial charge in [-0.25, -0.2) is 10.8 Å². The summed E-state index contributed by atoms with van der Waals surface area (Å²) in [6.45, 7) is 0. The molecule has 0 unspecified atom stereocenters. The highest BCUT2D eigenvalue weighted by Gasteiger charge is 2.11. The van der Waals surface area contributed by atoms with E-state index in [1.165, 1.54) is 0 Å². The van der Waals surface area contributed by atoms with Crippen LogP contribution in [0, 0.1) is 0 Å². The van der Waals surface area contributed by atoms with Crippen molar-refractivity contribution >= 4 is 49.1 Å². The van der Waals surface area contributed by atoms with Gasteiger partial charge in [-0.05, 0) is 17.7 Å². The number of halogens is 1. The largest absolute Gasteiger partial charge is 0.307 e. The zero-order valence-electron chi connectivity index (χ0n) is 8.07. The van der Waals surface area contributed by atoms with Gasteiger partial charge in [0.2, 0.25) is 5.28 Å². The zero-order valence-corrected chi connectivity index (χ0v) is 9.64. The van der Waals surface area contributed by atoms with E-state index in [4.69, 9.17) is 17.4 Å². The number of nitrogens with two attached hydrogens (primary N) is 1. The van der Waals surface area contributed by atoms with E-state index in [0.29, 0.717) is 5.82 Å². The van der Waals surface area contributed by atoms with Gasteiger partial charge in [-0.2, -0.15) is 4.98 Å². The summed E-state index contributed by atoms with van der Waals surface area (Å²) in [5, 5.41) is 1.27. The summed E-state index contributed by atoms with van der Waals surface area (Å²) in [6.07, 6.45) is 0. The lowest BCUT2D eigenvalue weighted by atomic mass is 10.2. The average Bonchev–Trinajstić information content (AvgIpc) is 2.67. The molecule has 3 rings (SSSR count). The maximum Gasteiger partial charge on any atom is 0.225 e. The number of anilines is 1. The average molecular weight is 251 g/mol. The molecule has 0 fully saturated rings. The minimum absolute atomic E-state index is 0.198. The molecule has 0 amide bonds. The maximum atomic E-state index is 5.85. The fourth-order valence-electron chi connectivity index (χ4n) is 1.66. The first-order chi connectivity index (χ1) is 7.79. The van der Waals surface area contributed by atoms with Gasteiger partial charge in [0, 0.05) is 10.1 Å². The number of benzene rings is 1. The summed E-state index contributed by atoms with van der Waals surface area (Å²) in [7, 11) is 0. The van der Waals surface area contributed by atoms with Gasteiger partial charge in [-0.15, -0.1) is 11.3 Å². The van der Waals surface area contributed by atoms with Gasteiger partial charge in [0.25, 0.3) is 0 Å². The molecule has 3 aromatic rings. The van der Waals surface area contributed by atoms with Crippen molar-refractivity contribution in [2.45, 2.75) is 0 Å². The SMILES string of the molecule is NNc1nc(Cl)nc2c1sc1ccccc12. The third kappa shape index (κ3) is 1.33. The first kappa shape index (κ1) is 9.77. The molecule has 0 aliphatic carbocycles. The lowest BCUT2D eigenvalue weighted by molar-refractivity contribution is 1.19. The van der Waals surface area contributed by atoms with Gasteiger partial charge < -0.3 is 5.43 Å². The minimum Gasteiger partial charge on any atom is -0.307 e. The van der Waals surface area contributed by atoms with Crippen LogP contribution < -0.4 is 11.3 Å². The number of rotatable bonds is 1. The molecule has 0 aliphatic rings. The Bertz CT molecular complexity index is 679. The smallest absolute Gasteiger partial charge is 0.225 e. The van der Waals surface area contributed by atoms with Gasteiger partial charge in [-0.1, -0.05) is 18.2 Å². The van der Waals surface area contributed by atoms with Crippen molar-refractivity contribution in [3.63, 3.8) is 0 Å². The minimum atomic E-state index is 0.198. The molecule has 0 radical (unpaired) electrons. The molecule has 0 bridgehead atoms. The third-order valence-electron chi connectivity index (χ3n) is 2.33. The molecule has 1 aromatic carbocycles. The Balaban J connectivity index is 2.54. The summed E-state index contributed by atoms with van der Waals surface area (Å²) < 4.78 is 2.07. The first-order valence-electron chi connectivity index (χ1n) is 4.61. The number of nitrogens with zero attached hydrogens (tertiary/aromatic N) is 2.